The summed E-state index contributed by atoms with van der Waals surface area (Å²) < 4.78 is 5.90. The van der Waals surface area contributed by atoms with Crippen LogP contribution >= 0.6 is 27.5 Å². The van der Waals surface area contributed by atoms with E-state index in [1.165, 1.54) is 0 Å². The second-order valence-corrected chi connectivity index (χ2v) is 6.19. The summed E-state index contributed by atoms with van der Waals surface area (Å²) in [5.74, 6) is -1.62. The first-order valence-corrected chi connectivity index (χ1v) is 7.69. The number of hydrogen-bond acceptors (Lipinski definition) is 3. The first kappa shape index (κ1) is 16.3. The van der Waals surface area contributed by atoms with Crippen molar-refractivity contribution in [3.8, 4) is 0 Å². The standard InChI is InChI=1S/C14H15BrClNO4/c15-11-2-1-10(16)5-9(11)6-12(14(19)20)17-13(18)8-3-4-21-7-8/h1-2,5,8,12H,3-4,6-7H2,(H,17,18)(H,19,20)/t8-,12+/m1/s1. The van der Waals surface area contributed by atoms with E-state index < -0.39 is 12.0 Å². The number of aliphatic carboxylic acids is 1. The molecule has 2 rings (SSSR count). The Bertz CT molecular complexity index is 546. The highest BCUT2D eigenvalue weighted by Gasteiger charge is 2.28. The van der Waals surface area contributed by atoms with Crippen LogP contribution in [-0.2, 0) is 20.7 Å². The third-order valence-corrected chi connectivity index (χ3v) is 4.36. The van der Waals surface area contributed by atoms with Gasteiger partial charge in [-0.15, -0.1) is 0 Å². The van der Waals surface area contributed by atoms with Crippen molar-refractivity contribution < 1.29 is 19.4 Å². The number of rotatable bonds is 5. The first-order chi connectivity index (χ1) is 9.97. The number of carbonyl (C=O) groups is 2. The third kappa shape index (κ3) is 4.43. The molecule has 7 heteroatoms. The minimum Gasteiger partial charge on any atom is -0.480 e. The van der Waals surface area contributed by atoms with Gasteiger partial charge in [-0.2, -0.15) is 0 Å². The quantitative estimate of drug-likeness (QED) is 0.826. The van der Waals surface area contributed by atoms with E-state index in [0.717, 1.165) is 10.0 Å². The summed E-state index contributed by atoms with van der Waals surface area (Å²) in [4.78, 5) is 23.4. The molecule has 0 saturated carbocycles. The number of halogens is 2. The zero-order valence-electron chi connectivity index (χ0n) is 11.1. The number of nitrogens with one attached hydrogen (secondary N) is 1. The van der Waals surface area contributed by atoms with Crippen LogP contribution in [0.15, 0.2) is 22.7 Å². The summed E-state index contributed by atoms with van der Waals surface area (Å²) >= 11 is 9.27. The second-order valence-electron chi connectivity index (χ2n) is 4.90. The summed E-state index contributed by atoms with van der Waals surface area (Å²) in [6.07, 6.45) is 0.787. The minimum atomic E-state index is -1.07. The summed E-state index contributed by atoms with van der Waals surface area (Å²) in [6.45, 7) is 0.884. The highest BCUT2D eigenvalue weighted by atomic mass is 79.9. The Kier molecular flexibility index (Phi) is 5.61. The van der Waals surface area contributed by atoms with E-state index in [9.17, 15) is 14.7 Å². The fourth-order valence-corrected chi connectivity index (χ4v) is 2.75. The Hall–Kier alpha value is -1.11. The zero-order valence-corrected chi connectivity index (χ0v) is 13.5. The molecule has 21 heavy (non-hydrogen) atoms. The van der Waals surface area contributed by atoms with E-state index >= 15 is 0 Å². The molecule has 1 aliphatic heterocycles. The summed E-state index contributed by atoms with van der Waals surface area (Å²) in [5.41, 5.74) is 0.734. The summed E-state index contributed by atoms with van der Waals surface area (Å²) in [5, 5.41) is 12.4. The van der Waals surface area contributed by atoms with Crippen molar-refractivity contribution in [2.75, 3.05) is 13.2 Å². The fourth-order valence-electron chi connectivity index (χ4n) is 2.15. The highest BCUT2D eigenvalue weighted by molar-refractivity contribution is 9.10. The van der Waals surface area contributed by atoms with Crippen molar-refractivity contribution in [1.82, 2.24) is 5.32 Å². The molecule has 1 amide bonds. The molecule has 5 nitrogen and oxygen atoms in total. The SMILES string of the molecule is O=C(N[C@@H](Cc1cc(Cl)ccc1Br)C(=O)O)[C@@H]1CCOC1. The van der Waals surface area contributed by atoms with Gasteiger partial charge in [-0.25, -0.2) is 4.79 Å². The number of benzene rings is 1. The molecule has 1 heterocycles. The lowest BCUT2D eigenvalue weighted by atomic mass is 10.0. The highest BCUT2D eigenvalue weighted by Crippen LogP contribution is 2.23. The predicted octanol–water partition coefficient (Wildman–Crippen LogP) is 2.25. The lowest BCUT2D eigenvalue weighted by molar-refractivity contribution is -0.142. The molecule has 114 valence electrons. The van der Waals surface area contributed by atoms with Gasteiger partial charge in [0.15, 0.2) is 0 Å². The van der Waals surface area contributed by atoms with Crippen LogP contribution in [0, 0.1) is 5.92 Å². The average molecular weight is 377 g/mol. The van der Waals surface area contributed by atoms with Gasteiger partial charge >= 0.3 is 5.97 Å². The van der Waals surface area contributed by atoms with E-state index in [4.69, 9.17) is 16.3 Å². The van der Waals surface area contributed by atoms with Crippen LogP contribution < -0.4 is 5.32 Å². The monoisotopic (exact) mass is 375 g/mol. The molecule has 0 spiro atoms. The Morgan fingerprint density at radius 1 is 1.52 bits per heavy atom. The first-order valence-electron chi connectivity index (χ1n) is 6.52. The van der Waals surface area contributed by atoms with Gasteiger partial charge in [0.2, 0.25) is 5.91 Å². The average Bonchev–Trinajstić information content (AvgIpc) is 2.96. The minimum absolute atomic E-state index is 0.162. The number of carboxylic acids is 1. The van der Waals surface area contributed by atoms with Crippen LogP contribution in [0.5, 0.6) is 0 Å². The van der Waals surface area contributed by atoms with Gasteiger partial charge in [0.25, 0.3) is 0 Å². The number of carboxylic acid groups (broad SMARTS) is 1. The molecule has 1 saturated heterocycles. The molecule has 0 aromatic heterocycles. The molecule has 0 bridgehead atoms. The lowest BCUT2D eigenvalue weighted by Crippen LogP contribution is -2.45. The molecule has 2 atom stereocenters. The van der Waals surface area contributed by atoms with Crippen LogP contribution in [0.4, 0.5) is 0 Å². The lowest BCUT2D eigenvalue weighted by Gasteiger charge is -2.17. The van der Waals surface area contributed by atoms with Crippen molar-refractivity contribution in [1.29, 1.82) is 0 Å². The largest absolute Gasteiger partial charge is 0.480 e. The molecule has 1 aromatic carbocycles. The fraction of sp³-hybridized carbons (Fsp3) is 0.429. The molecular formula is C14H15BrClNO4. The van der Waals surface area contributed by atoms with Crippen LogP contribution in [0.1, 0.15) is 12.0 Å². The number of amides is 1. The maximum absolute atomic E-state index is 12.0. The van der Waals surface area contributed by atoms with Crippen LogP contribution in [0.25, 0.3) is 0 Å². The molecule has 0 radical (unpaired) electrons. The van der Waals surface area contributed by atoms with Crippen molar-refractivity contribution in [2.45, 2.75) is 18.9 Å². The van der Waals surface area contributed by atoms with Gasteiger partial charge in [0.05, 0.1) is 12.5 Å². The molecule has 0 aliphatic carbocycles. The van der Waals surface area contributed by atoms with E-state index in [2.05, 4.69) is 21.2 Å². The van der Waals surface area contributed by atoms with E-state index in [1.807, 2.05) is 0 Å². The second kappa shape index (κ2) is 7.24. The van der Waals surface area contributed by atoms with E-state index in [1.54, 1.807) is 18.2 Å². The normalized spacial score (nSPS) is 19.2. The Morgan fingerprint density at radius 3 is 2.90 bits per heavy atom. The van der Waals surface area contributed by atoms with Gasteiger partial charge in [0, 0.05) is 22.5 Å². The summed E-state index contributed by atoms with van der Waals surface area (Å²) in [7, 11) is 0. The Morgan fingerprint density at radius 2 is 2.29 bits per heavy atom. The zero-order chi connectivity index (χ0) is 15.4. The maximum Gasteiger partial charge on any atom is 0.326 e. The molecule has 0 unspecified atom stereocenters. The molecule has 1 aromatic rings. The summed E-state index contributed by atoms with van der Waals surface area (Å²) in [6, 6.07) is 4.16. The smallest absolute Gasteiger partial charge is 0.326 e. The van der Waals surface area contributed by atoms with Crippen LogP contribution in [0.3, 0.4) is 0 Å². The maximum atomic E-state index is 12.0. The number of hydrogen-bond donors (Lipinski definition) is 2. The Labute approximate surface area is 135 Å². The topological polar surface area (TPSA) is 75.6 Å². The molecule has 1 aliphatic rings. The van der Waals surface area contributed by atoms with Crippen molar-refractivity contribution in [2.24, 2.45) is 5.92 Å². The van der Waals surface area contributed by atoms with Gasteiger partial charge in [-0.05, 0) is 30.2 Å². The molecule has 2 N–H and O–H groups in total. The predicted molar refractivity (Wildman–Crippen MR) is 81.3 cm³/mol. The van der Waals surface area contributed by atoms with Gasteiger partial charge in [0.1, 0.15) is 6.04 Å². The van der Waals surface area contributed by atoms with Gasteiger partial charge < -0.3 is 15.2 Å². The van der Waals surface area contributed by atoms with E-state index in [0.29, 0.717) is 24.7 Å². The van der Waals surface area contributed by atoms with Gasteiger partial charge in [-0.1, -0.05) is 27.5 Å². The van der Waals surface area contributed by atoms with Crippen molar-refractivity contribution >= 4 is 39.4 Å². The van der Waals surface area contributed by atoms with E-state index in [-0.39, 0.29) is 18.2 Å². The molecular weight excluding hydrogens is 362 g/mol. The third-order valence-electron chi connectivity index (χ3n) is 3.35. The van der Waals surface area contributed by atoms with Crippen molar-refractivity contribution in [3.05, 3.63) is 33.3 Å². The Balaban J connectivity index is 2.06. The van der Waals surface area contributed by atoms with Crippen LogP contribution in [0.2, 0.25) is 5.02 Å². The number of carbonyl (C=O) groups excluding carboxylic acids is 1. The van der Waals surface area contributed by atoms with Gasteiger partial charge in [-0.3, -0.25) is 4.79 Å². The molecule has 1 fully saturated rings. The number of ether oxygens (including phenoxy) is 1. The van der Waals surface area contributed by atoms with Crippen molar-refractivity contribution in [3.63, 3.8) is 0 Å². The van der Waals surface area contributed by atoms with Crippen LogP contribution in [-0.4, -0.2) is 36.2 Å².